The molecule has 6 heteroatoms. The van der Waals surface area contributed by atoms with Crippen molar-refractivity contribution in [2.75, 3.05) is 33.7 Å². The van der Waals surface area contributed by atoms with E-state index in [1.54, 1.807) is 0 Å². The second-order valence-corrected chi connectivity index (χ2v) is 5.92. The molecule has 0 saturated carbocycles. The first-order valence-corrected chi connectivity index (χ1v) is 6.94. The lowest BCUT2D eigenvalue weighted by molar-refractivity contribution is 0.108. The molecule has 2 rings (SSSR count). The molecule has 1 aromatic heterocycles. The molecule has 0 amide bonds. The van der Waals surface area contributed by atoms with Crippen molar-refractivity contribution in [3.63, 3.8) is 0 Å². The highest BCUT2D eigenvalue weighted by Crippen LogP contribution is 2.21. The van der Waals surface area contributed by atoms with Gasteiger partial charge in [-0.1, -0.05) is 19.0 Å². The van der Waals surface area contributed by atoms with Gasteiger partial charge in [-0.25, -0.2) is 0 Å². The minimum Gasteiger partial charge on any atom is -0.339 e. The van der Waals surface area contributed by atoms with Crippen LogP contribution in [-0.2, 0) is 6.42 Å². The van der Waals surface area contributed by atoms with Crippen molar-refractivity contribution >= 4 is 0 Å². The Morgan fingerprint density at radius 1 is 1.37 bits per heavy atom. The molecule has 2 heterocycles. The number of nitrogens with two attached hydrogens (primary N) is 1. The third kappa shape index (κ3) is 3.52. The molecular weight excluding hydrogens is 242 g/mol. The molecule has 0 spiro atoms. The standard InChI is InChI=1S/C13H25N5O/c1-9(2)10(14)7-12-15-13(16-19-12)11-8-17(3)5-6-18(11)4/h9-11H,5-8,14H2,1-4H3. The van der Waals surface area contributed by atoms with E-state index in [1.165, 1.54) is 0 Å². The highest BCUT2D eigenvalue weighted by Gasteiger charge is 2.28. The van der Waals surface area contributed by atoms with Gasteiger partial charge in [-0.2, -0.15) is 4.98 Å². The van der Waals surface area contributed by atoms with Crippen molar-refractivity contribution in [3.05, 3.63) is 11.7 Å². The van der Waals surface area contributed by atoms with Gasteiger partial charge >= 0.3 is 0 Å². The second kappa shape index (κ2) is 5.98. The topological polar surface area (TPSA) is 71.4 Å². The molecule has 0 aliphatic carbocycles. The molecule has 1 fully saturated rings. The van der Waals surface area contributed by atoms with Crippen molar-refractivity contribution < 1.29 is 4.52 Å². The molecular formula is C13H25N5O. The van der Waals surface area contributed by atoms with E-state index >= 15 is 0 Å². The van der Waals surface area contributed by atoms with Gasteiger partial charge in [0.1, 0.15) is 0 Å². The predicted octanol–water partition coefficient (Wildman–Crippen LogP) is 0.514. The molecule has 2 unspecified atom stereocenters. The number of aromatic nitrogens is 2. The highest BCUT2D eigenvalue weighted by molar-refractivity contribution is 4.99. The van der Waals surface area contributed by atoms with Gasteiger partial charge in [0.05, 0.1) is 6.04 Å². The number of nitrogens with zero attached hydrogens (tertiary/aromatic N) is 4. The molecule has 2 atom stereocenters. The molecule has 1 saturated heterocycles. The number of hydrogen-bond donors (Lipinski definition) is 1. The van der Waals surface area contributed by atoms with Gasteiger partial charge < -0.3 is 15.2 Å². The quantitative estimate of drug-likeness (QED) is 0.857. The fourth-order valence-electron chi connectivity index (χ4n) is 2.21. The summed E-state index contributed by atoms with van der Waals surface area (Å²) in [5.74, 6) is 1.84. The van der Waals surface area contributed by atoms with Gasteiger partial charge in [-0.3, -0.25) is 4.90 Å². The summed E-state index contributed by atoms with van der Waals surface area (Å²) in [6.45, 7) is 7.25. The van der Waals surface area contributed by atoms with Crippen LogP contribution in [0.1, 0.15) is 31.6 Å². The fraction of sp³-hybridized carbons (Fsp3) is 0.846. The molecule has 1 aromatic rings. The zero-order valence-corrected chi connectivity index (χ0v) is 12.3. The first kappa shape index (κ1) is 14.4. The summed E-state index contributed by atoms with van der Waals surface area (Å²) in [4.78, 5) is 9.08. The number of rotatable bonds is 4. The molecule has 0 radical (unpaired) electrons. The van der Waals surface area contributed by atoms with Crippen molar-refractivity contribution in [1.29, 1.82) is 0 Å². The zero-order valence-electron chi connectivity index (χ0n) is 12.3. The van der Waals surface area contributed by atoms with Gasteiger partial charge in [0.15, 0.2) is 5.82 Å². The van der Waals surface area contributed by atoms with E-state index in [0.29, 0.717) is 18.2 Å². The maximum absolute atomic E-state index is 6.04. The van der Waals surface area contributed by atoms with Crippen LogP contribution < -0.4 is 5.73 Å². The molecule has 0 bridgehead atoms. The van der Waals surface area contributed by atoms with Gasteiger partial charge in [0.2, 0.25) is 5.89 Å². The van der Waals surface area contributed by atoms with Crippen LogP contribution in [0.2, 0.25) is 0 Å². The average Bonchev–Trinajstić information content (AvgIpc) is 2.80. The van der Waals surface area contributed by atoms with Crippen LogP contribution in [0.3, 0.4) is 0 Å². The van der Waals surface area contributed by atoms with Gasteiger partial charge in [0.25, 0.3) is 0 Å². The minimum atomic E-state index is 0.0695. The molecule has 6 nitrogen and oxygen atoms in total. The lowest BCUT2D eigenvalue weighted by Gasteiger charge is -2.35. The lowest BCUT2D eigenvalue weighted by Crippen LogP contribution is -2.45. The Morgan fingerprint density at radius 3 is 2.79 bits per heavy atom. The fourth-order valence-corrected chi connectivity index (χ4v) is 2.21. The molecule has 108 valence electrons. The summed E-state index contributed by atoms with van der Waals surface area (Å²) >= 11 is 0. The van der Waals surface area contributed by atoms with E-state index < -0.39 is 0 Å². The molecule has 0 aromatic carbocycles. The Bertz CT molecular complexity index is 405. The summed E-state index contributed by atoms with van der Waals surface area (Å²) in [5.41, 5.74) is 6.04. The normalized spacial score (nSPS) is 24.0. The highest BCUT2D eigenvalue weighted by atomic mass is 16.5. The predicted molar refractivity (Wildman–Crippen MR) is 73.7 cm³/mol. The first-order valence-electron chi connectivity index (χ1n) is 6.94. The number of hydrogen-bond acceptors (Lipinski definition) is 6. The van der Waals surface area contributed by atoms with E-state index in [2.05, 4.69) is 47.9 Å². The van der Waals surface area contributed by atoms with Crippen LogP contribution in [0.25, 0.3) is 0 Å². The maximum atomic E-state index is 6.04. The Labute approximate surface area is 114 Å². The van der Waals surface area contributed by atoms with Crippen LogP contribution in [0, 0.1) is 5.92 Å². The summed E-state index contributed by atoms with van der Waals surface area (Å²) in [7, 11) is 4.23. The van der Waals surface area contributed by atoms with Crippen LogP contribution in [0.5, 0.6) is 0 Å². The van der Waals surface area contributed by atoms with Crippen molar-refractivity contribution in [1.82, 2.24) is 19.9 Å². The smallest absolute Gasteiger partial charge is 0.228 e. The van der Waals surface area contributed by atoms with Gasteiger partial charge in [0, 0.05) is 32.1 Å². The van der Waals surface area contributed by atoms with Gasteiger partial charge in [-0.05, 0) is 20.0 Å². The third-order valence-corrected chi connectivity index (χ3v) is 3.90. The van der Waals surface area contributed by atoms with E-state index in [1.807, 2.05) is 0 Å². The molecule has 2 N–H and O–H groups in total. The molecule has 1 aliphatic rings. The number of likely N-dealkylation sites (N-methyl/N-ethyl adjacent to an activating group) is 2. The summed E-state index contributed by atoms with van der Waals surface area (Å²) < 4.78 is 5.34. The van der Waals surface area contributed by atoms with E-state index in [4.69, 9.17) is 10.3 Å². The second-order valence-electron chi connectivity index (χ2n) is 5.92. The van der Waals surface area contributed by atoms with Crippen LogP contribution in [0.15, 0.2) is 4.52 Å². The van der Waals surface area contributed by atoms with Crippen LogP contribution in [0.4, 0.5) is 0 Å². The zero-order chi connectivity index (χ0) is 14.0. The third-order valence-electron chi connectivity index (χ3n) is 3.90. The first-order chi connectivity index (χ1) is 8.97. The Hall–Kier alpha value is -0.980. The van der Waals surface area contributed by atoms with Crippen LogP contribution >= 0.6 is 0 Å². The van der Waals surface area contributed by atoms with Crippen molar-refractivity contribution in [3.8, 4) is 0 Å². The van der Waals surface area contributed by atoms with E-state index in [-0.39, 0.29) is 12.1 Å². The lowest BCUT2D eigenvalue weighted by atomic mass is 10.0. The summed E-state index contributed by atoms with van der Waals surface area (Å²) in [6, 6.07) is 0.284. The Balaban J connectivity index is 2.03. The monoisotopic (exact) mass is 267 g/mol. The number of piperazine rings is 1. The largest absolute Gasteiger partial charge is 0.339 e. The van der Waals surface area contributed by atoms with E-state index in [9.17, 15) is 0 Å². The van der Waals surface area contributed by atoms with E-state index in [0.717, 1.165) is 25.5 Å². The minimum absolute atomic E-state index is 0.0695. The van der Waals surface area contributed by atoms with Crippen LogP contribution in [-0.4, -0.2) is 59.7 Å². The average molecular weight is 267 g/mol. The Morgan fingerprint density at radius 2 is 2.11 bits per heavy atom. The SMILES string of the molecule is CC(C)C(N)Cc1nc(C2CN(C)CCN2C)no1. The molecule has 19 heavy (non-hydrogen) atoms. The van der Waals surface area contributed by atoms with Crippen molar-refractivity contribution in [2.45, 2.75) is 32.4 Å². The summed E-state index contributed by atoms with van der Waals surface area (Å²) in [5, 5.41) is 4.13. The van der Waals surface area contributed by atoms with Crippen molar-refractivity contribution in [2.24, 2.45) is 11.7 Å². The summed E-state index contributed by atoms with van der Waals surface area (Å²) in [6.07, 6.45) is 0.650. The maximum Gasteiger partial charge on any atom is 0.228 e. The Kier molecular flexibility index (Phi) is 4.54. The van der Waals surface area contributed by atoms with Gasteiger partial charge in [-0.15, -0.1) is 0 Å². The molecule has 1 aliphatic heterocycles.